The summed E-state index contributed by atoms with van der Waals surface area (Å²) < 4.78 is 14.6. The summed E-state index contributed by atoms with van der Waals surface area (Å²) in [5, 5.41) is 9.59. The molecule has 3 atom stereocenters. The number of carbonyl (C=O) groups is 1. The molecule has 55 heavy (non-hydrogen) atoms. The number of rotatable bonds is 33. The third-order valence-corrected chi connectivity index (χ3v) is 21.6. The van der Waals surface area contributed by atoms with E-state index in [1.807, 2.05) is 0 Å². The second kappa shape index (κ2) is 26.9. The van der Waals surface area contributed by atoms with Crippen LogP contribution in [0.1, 0.15) is 189 Å². The van der Waals surface area contributed by atoms with Crippen LogP contribution in [0.4, 0.5) is 0 Å². The summed E-state index contributed by atoms with van der Waals surface area (Å²) in [4.78, 5) is 22.0. The van der Waals surface area contributed by atoms with Gasteiger partial charge in [0, 0.05) is 37.8 Å². The number of aryl methyl sites for hydroxylation is 1. The number of unbranched alkanes of at least 4 members (excludes halogenated alkanes) is 14. The second-order valence-electron chi connectivity index (χ2n) is 19.9. The molecule has 8 nitrogen and oxygen atoms in total. The van der Waals surface area contributed by atoms with Crippen LogP contribution in [0.25, 0.3) is 0 Å². The smallest absolute Gasteiger partial charge is 0.320 e. The Morgan fingerprint density at radius 2 is 1.13 bits per heavy atom. The Morgan fingerprint density at radius 1 is 0.727 bits per heavy atom. The highest BCUT2D eigenvalue weighted by atomic mass is 28.4. The number of aliphatic carboxylic acids is 1. The van der Waals surface area contributed by atoms with Gasteiger partial charge in [-0.3, -0.25) is 9.69 Å². The van der Waals surface area contributed by atoms with Gasteiger partial charge in [0.15, 0.2) is 16.6 Å². The minimum atomic E-state index is -1.99. The summed E-state index contributed by atoms with van der Waals surface area (Å²) in [5.41, 5.74) is 6.59. The SMILES string of the molecule is CCCCCCCCCCC(CN(CCCc1ncc(CC(N)C(=O)O)[nH]1)CC(CCCCCCCCCC)O[Si](C)(C)C(C)(C)C)O[Si](C)(C)C(C)(C)C. The van der Waals surface area contributed by atoms with Crippen molar-refractivity contribution in [2.24, 2.45) is 5.73 Å². The maximum absolute atomic E-state index is 11.3. The van der Waals surface area contributed by atoms with E-state index in [9.17, 15) is 9.90 Å². The molecule has 0 amide bonds. The van der Waals surface area contributed by atoms with Crippen molar-refractivity contribution in [2.45, 2.75) is 245 Å². The van der Waals surface area contributed by atoms with Gasteiger partial charge in [0.25, 0.3) is 0 Å². The molecule has 0 aliphatic rings. The van der Waals surface area contributed by atoms with Gasteiger partial charge in [0.05, 0.1) is 12.2 Å². The number of hydrogen-bond acceptors (Lipinski definition) is 6. The summed E-state index contributed by atoms with van der Waals surface area (Å²) in [6, 6.07) is -0.929. The number of H-pyrrole nitrogens is 1. The molecule has 324 valence electrons. The Hall–Kier alpha value is -1.05. The Morgan fingerprint density at radius 3 is 1.51 bits per heavy atom. The molecular weight excluding hydrogens is 717 g/mol. The predicted octanol–water partition coefficient (Wildman–Crippen LogP) is 12.4. The van der Waals surface area contributed by atoms with Gasteiger partial charge in [-0.05, 0) is 62.1 Å². The van der Waals surface area contributed by atoms with E-state index in [-0.39, 0.29) is 28.7 Å². The minimum Gasteiger partial charge on any atom is -0.480 e. The van der Waals surface area contributed by atoms with E-state index >= 15 is 0 Å². The van der Waals surface area contributed by atoms with Crippen LogP contribution in [-0.2, 0) is 26.5 Å². The van der Waals surface area contributed by atoms with Crippen LogP contribution in [0, 0.1) is 0 Å². The first-order chi connectivity index (χ1) is 25.7. The lowest BCUT2D eigenvalue weighted by atomic mass is 10.0. The molecule has 0 aliphatic heterocycles. The van der Waals surface area contributed by atoms with Crippen LogP contribution in [0.15, 0.2) is 6.20 Å². The number of aromatic nitrogens is 2. The van der Waals surface area contributed by atoms with E-state index in [1.165, 1.54) is 103 Å². The average molecular weight is 809 g/mol. The van der Waals surface area contributed by atoms with Crippen molar-refractivity contribution >= 4 is 22.6 Å². The molecule has 1 rings (SSSR count). The second-order valence-corrected chi connectivity index (χ2v) is 29.4. The van der Waals surface area contributed by atoms with Gasteiger partial charge in [-0.1, -0.05) is 158 Å². The Kier molecular flexibility index (Phi) is 25.4. The van der Waals surface area contributed by atoms with Crippen molar-refractivity contribution < 1.29 is 18.8 Å². The van der Waals surface area contributed by atoms with Gasteiger partial charge < -0.3 is 24.7 Å². The van der Waals surface area contributed by atoms with E-state index < -0.39 is 28.6 Å². The summed E-state index contributed by atoms with van der Waals surface area (Å²) >= 11 is 0. The lowest BCUT2D eigenvalue weighted by molar-refractivity contribution is -0.138. The predicted molar refractivity (Wildman–Crippen MR) is 241 cm³/mol. The fraction of sp³-hybridized carbons (Fsp3) is 0.911. The van der Waals surface area contributed by atoms with Crippen LogP contribution < -0.4 is 5.73 Å². The molecule has 1 aromatic heterocycles. The molecule has 0 fully saturated rings. The van der Waals surface area contributed by atoms with Crippen molar-refractivity contribution in [1.82, 2.24) is 14.9 Å². The highest BCUT2D eigenvalue weighted by Crippen LogP contribution is 2.39. The first-order valence-electron chi connectivity index (χ1n) is 22.8. The molecule has 0 radical (unpaired) electrons. The van der Waals surface area contributed by atoms with Gasteiger partial charge >= 0.3 is 5.97 Å². The third-order valence-electron chi connectivity index (χ3n) is 12.5. The van der Waals surface area contributed by atoms with Crippen LogP contribution in [0.5, 0.6) is 0 Å². The summed E-state index contributed by atoms with van der Waals surface area (Å²) in [5.74, 6) is -0.0942. The summed E-state index contributed by atoms with van der Waals surface area (Å²) in [6.07, 6.45) is 27.5. The molecule has 0 aliphatic carbocycles. The number of nitrogens with two attached hydrogens (primary N) is 1. The molecule has 0 spiro atoms. The van der Waals surface area contributed by atoms with E-state index in [0.29, 0.717) is 0 Å². The minimum absolute atomic E-state index is 0.153. The highest BCUT2D eigenvalue weighted by Gasteiger charge is 2.41. The number of nitrogens with one attached hydrogen (secondary N) is 1. The van der Waals surface area contributed by atoms with E-state index in [2.05, 4.69) is 96.4 Å². The largest absolute Gasteiger partial charge is 0.480 e. The maximum Gasteiger partial charge on any atom is 0.320 e. The lowest BCUT2D eigenvalue weighted by Gasteiger charge is -2.42. The van der Waals surface area contributed by atoms with Crippen molar-refractivity contribution in [3.8, 4) is 0 Å². The third kappa shape index (κ3) is 22.6. The average Bonchev–Trinajstić information content (AvgIpc) is 3.52. The quantitative estimate of drug-likeness (QED) is 0.0478. The van der Waals surface area contributed by atoms with Crippen molar-refractivity contribution in [2.75, 3.05) is 19.6 Å². The number of carboxylic acids is 1. The van der Waals surface area contributed by atoms with Crippen molar-refractivity contribution in [3.63, 3.8) is 0 Å². The van der Waals surface area contributed by atoms with Crippen LogP contribution >= 0.6 is 0 Å². The molecule has 3 unspecified atom stereocenters. The number of aromatic amines is 1. The number of hydrogen-bond donors (Lipinski definition) is 3. The van der Waals surface area contributed by atoms with E-state index in [4.69, 9.17) is 14.6 Å². The van der Waals surface area contributed by atoms with Crippen LogP contribution in [-0.4, -0.2) is 80.5 Å². The zero-order chi connectivity index (χ0) is 41.5. The van der Waals surface area contributed by atoms with Gasteiger partial charge in [-0.25, -0.2) is 4.98 Å². The topological polar surface area (TPSA) is 114 Å². The fourth-order valence-electron chi connectivity index (χ4n) is 6.84. The zero-order valence-electron chi connectivity index (χ0n) is 38.4. The Labute approximate surface area is 342 Å². The number of carboxylic acid groups (broad SMARTS) is 1. The molecule has 0 saturated heterocycles. The molecule has 1 heterocycles. The molecule has 0 aromatic carbocycles. The molecule has 1 aromatic rings. The molecule has 4 N–H and O–H groups in total. The number of imidazole rings is 1. The van der Waals surface area contributed by atoms with Crippen molar-refractivity contribution in [3.05, 3.63) is 17.7 Å². The first-order valence-corrected chi connectivity index (χ1v) is 28.6. The maximum atomic E-state index is 11.3. The monoisotopic (exact) mass is 809 g/mol. The standard InChI is InChI=1S/C45H92N4O4Si2/c1-13-15-17-19-21-23-25-27-30-39(52-54(9,10)44(3,4)5)36-49(33-29-32-42-47-35-38(48-42)34-41(46)43(50)51)37-40(53-55(11,12)45(6,7)8)31-28-26-24-22-20-18-16-14-2/h35,39-41H,13-34,36-37,46H2,1-12H3,(H,47,48)(H,50,51). The van der Waals surface area contributed by atoms with E-state index in [0.717, 1.165) is 56.8 Å². The number of nitrogens with zero attached hydrogens (tertiary/aromatic N) is 2. The molecule has 10 heteroatoms. The lowest BCUT2D eigenvalue weighted by Crippen LogP contribution is -2.50. The Balaban J connectivity index is 3.25. The van der Waals surface area contributed by atoms with Gasteiger partial charge in [-0.15, -0.1) is 0 Å². The van der Waals surface area contributed by atoms with Crippen LogP contribution in [0.3, 0.4) is 0 Å². The molecule has 0 saturated carbocycles. The highest BCUT2D eigenvalue weighted by molar-refractivity contribution is 6.74. The fourth-order valence-corrected chi connectivity index (χ4v) is 9.60. The summed E-state index contributed by atoms with van der Waals surface area (Å²) in [7, 11) is -3.98. The molecule has 0 bridgehead atoms. The molecular formula is C45H92N4O4Si2. The van der Waals surface area contributed by atoms with Gasteiger partial charge in [0.2, 0.25) is 0 Å². The van der Waals surface area contributed by atoms with Gasteiger partial charge in [-0.2, -0.15) is 0 Å². The van der Waals surface area contributed by atoms with Gasteiger partial charge in [0.1, 0.15) is 11.9 Å². The van der Waals surface area contributed by atoms with Crippen LogP contribution in [0.2, 0.25) is 36.3 Å². The Bertz CT molecular complexity index is 1080. The van der Waals surface area contributed by atoms with E-state index in [1.54, 1.807) is 6.20 Å². The summed E-state index contributed by atoms with van der Waals surface area (Å²) in [6.45, 7) is 31.2. The normalized spacial score (nSPS) is 14.8. The first kappa shape index (κ1) is 52.0. The van der Waals surface area contributed by atoms with Crippen molar-refractivity contribution in [1.29, 1.82) is 0 Å². The zero-order valence-corrected chi connectivity index (χ0v) is 40.4.